The van der Waals surface area contributed by atoms with Crippen molar-refractivity contribution in [2.24, 2.45) is 17.3 Å². The summed E-state index contributed by atoms with van der Waals surface area (Å²) < 4.78 is 19.6. The van der Waals surface area contributed by atoms with Gasteiger partial charge in [0, 0.05) is 6.07 Å². The van der Waals surface area contributed by atoms with E-state index >= 15 is 0 Å². The highest BCUT2D eigenvalue weighted by Gasteiger charge is 2.48. The topological polar surface area (TPSA) is 50.1 Å². The number of carbonyl (C=O) groups is 1. The molecule has 1 aromatic carbocycles. The summed E-state index contributed by atoms with van der Waals surface area (Å²) in [6, 6.07) is 5.82. The molecule has 0 radical (unpaired) electrons. The molecular formula is C23H28FNO2. The molecule has 3 rings (SSSR count). The van der Waals surface area contributed by atoms with Crippen LogP contribution in [0.4, 0.5) is 4.39 Å². The minimum absolute atomic E-state index is 0.0375. The lowest BCUT2D eigenvalue weighted by Crippen LogP contribution is -2.44. The molecule has 2 aliphatic carbocycles. The Morgan fingerprint density at radius 2 is 1.93 bits per heavy atom. The third kappa shape index (κ3) is 4.24. The summed E-state index contributed by atoms with van der Waals surface area (Å²) >= 11 is 0. The number of rotatable bonds is 4. The number of ether oxygens (including phenoxy) is 1. The Balaban J connectivity index is 1.77. The van der Waals surface area contributed by atoms with Crippen LogP contribution in [-0.4, -0.2) is 5.97 Å². The van der Waals surface area contributed by atoms with Gasteiger partial charge in [0.25, 0.3) is 0 Å². The van der Waals surface area contributed by atoms with Crippen molar-refractivity contribution in [1.82, 2.24) is 0 Å². The van der Waals surface area contributed by atoms with Gasteiger partial charge in [-0.2, -0.15) is 5.26 Å². The molecule has 0 saturated heterocycles. The molecule has 0 bridgehead atoms. The van der Waals surface area contributed by atoms with E-state index in [9.17, 15) is 9.18 Å². The Bertz CT molecular complexity index is 735. The van der Waals surface area contributed by atoms with E-state index in [1.54, 1.807) is 6.07 Å². The second-order valence-corrected chi connectivity index (χ2v) is 8.00. The van der Waals surface area contributed by atoms with Crippen molar-refractivity contribution in [3.63, 3.8) is 0 Å². The van der Waals surface area contributed by atoms with Crippen molar-refractivity contribution in [1.29, 1.82) is 5.26 Å². The number of esters is 1. The number of hydrogen-bond donors (Lipinski definition) is 0. The van der Waals surface area contributed by atoms with Crippen LogP contribution in [0.2, 0.25) is 0 Å². The number of nitrogens with zero attached hydrogens (tertiary/aromatic N) is 1. The Morgan fingerprint density at radius 3 is 2.52 bits per heavy atom. The maximum atomic E-state index is 13.9. The molecule has 0 atom stereocenters. The van der Waals surface area contributed by atoms with Crippen LogP contribution in [0.5, 0.6) is 5.75 Å². The molecule has 0 unspecified atom stereocenters. The second-order valence-electron chi connectivity index (χ2n) is 8.00. The van der Waals surface area contributed by atoms with Crippen LogP contribution in [0.3, 0.4) is 0 Å². The molecule has 4 heteroatoms. The summed E-state index contributed by atoms with van der Waals surface area (Å²) in [4.78, 5) is 13.2. The summed E-state index contributed by atoms with van der Waals surface area (Å²) in [7, 11) is 0. The third-order valence-electron chi connectivity index (χ3n) is 6.44. The van der Waals surface area contributed by atoms with Crippen LogP contribution in [0.25, 0.3) is 0 Å². The molecule has 27 heavy (non-hydrogen) atoms. The van der Waals surface area contributed by atoms with Crippen LogP contribution in [0.1, 0.15) is 70.3 Å². The maximum absolute atomic E-state index is 13.9. The lowest BCUT2D eigenvalue weighted by Gasteiger charge is -2.44. The molecular weight excluding hydrogens is 341 g/mol. The predicted molar refractivity (Wildman–Crippen MR) is 103 cm³/mol. The molecule has 2 saturated carbocycles. The summed E-state index contributed by atoms with van der Waals surface area (Å²) in [5.74, 6) is 0.308. The molecule has 0 N–H and O–H groups in total. The van der Waals surface area contributed by atoms with E-state index < -0.39 is 11.2 Å². The van der Waals surface area contributed by atoms with Gasteiger partial charge in [0.05, 0.1) is 11.0 Å². The first-order valence-electron chi connectivity index (χ1n) is 10.1. The molecule has 0 aliphatic heterocycles. The number of halogens is 1. The van der Waals surface area contributed by atoms with Crippen LogP contribution >= 0.6 is 0 Å². The quantitative estimate of drug-likeness (QED) is 0.375. The third-order valence-corrected chi connectivity index (χ3v) is 6.44. The largest absolute Gasteiger partial charge is 0.426 e. The standard InChI is InChI=1S/C23H28FNO2/c1-2-6-17-7-10-19(11-8-17)23(13-4-3-5-14-23)22(26)27-20-12-9-18(16-25)21(24)15-20/h2,6,9,12,15,17,19H,3-5,7-8,10-11,13-14H2,1H3. The van der Waals surface area contributed by atoms with Crippen molar-refractivity contribution >= 4 is 5.97 Å². The summed E-state index contributed by atoms with van der Waals surface area (Å²) in [5.41, 5.74) is -0.478. The van der Waals surface area contributed by atoms with Crippen molar-refractivity contribution in [2.75, 3.05) is 0 Å². The highest BCUT2D eigenvalue weighted by Crippen LogP contribution is 2.50. The Kier molecular flexibility index (Phi) is 6.31. The van der Waals surface area contributed by atoms with Gasteiger partial charge in [0.1, 0.15) is 17.6 Å². The van der Waals surface area contributed by atoms with Gasteiger partial charge in [-0.15, -0.1) is 0 Å². The predicted octanol–water partition coefficient (Wildman–Crippen LogP) is 5.94. The minimum Gasteiger partial charge on any atom is -0.426 e. The lowest BCUT2D eigenvalue weighted by atomic mass is 9.60. The first-order chi connectivity index (χ1) is 13.1. The molecule has 0 heterocycles. The van der Waals surface area contributed by atoms with Gasteiger partial charge in [-0.3, -0.25) is 4.79 Å². The number of benzene rings is 1. The zero-order valence-electron chi connectivity index (χ0n) is 16.0. The molecule has 144 valence electrons. The molecule has 2 fully saturated rings. The smallest absolute Gasteiger partial charge is 0.317 e. The van der Waals surface area contributed by atoms with E-state index in [0.29, 0.717) is 11.8 Å². The zero-order chi connectivity index (χ0) is 19.3. The van der Waals surface area contributed by atoms with Gasteiger partial charge in [0.2, 0.25) is 0 Å². The summed E-state index contributed by atoms with van der Waals surface area (Å²) in [6.45, 7) is 2.06. The molecule has 0 spiro atoms. The van der Waals surface area contributed by atoms with E-state index in [4.69, 9.17) is 10.00 Å². The molecule has 3 nitrogen and oxygen atoms in total. The van der Waals surface area contributed by atoms with Crippen molar-refractivity contribution in [3.05, 3.63) is 41.7 Å². The Labute approximate surface area is 161 Å². The SMILES string of the molecule is CC=CC1CCC(C2(C(=O)Oc3ccc(C#N)c(F)c3)CCCCC2)CC1. The van der Waals surface area contributed by atoms with Gasteiger partial charge >= 0.3 is 5.97 Å². The van der Waals surface area contributed by atoms with E-state index in [1.807, 2.05) is 0 Å². The number of allylic oxidation sites excluding steroid dienone is 2. The van der Waals surface area contributed by atoms with Crippen molar-refractivity contribution < 1.29 is 13.9 Å². The highest BCUT2D eigenvalue weighted by atomic mass is 19.1. The van der Waals surface area contributed by atoms with E-state index in [2.05, 4.69) is 19.1 Å². The summed E-state index contributed by atoms with van der Waals surface area (Å²) in [5, 5.41) is 8.86. The van der Waals surface area contributed by atoms with Gasteiger partial charge in [0.15, 0.2) is 0 Å². The van der Waals surface area contributed by atoms with E-state index in [-0.39, 0.29) is 17.3 Å². The molecule has 0 aromatic heterocycles. The number of nitriles is 1. The average Bonchev–Trinajstić information content (AvgIpc) is 2.69. The monoisotopic (exact) mass is 369 g/mol. The van der Waals surface area contributed by atoms with Gasteiger partial charge in [-0.1, -0.05) is 31.4 Å². The number of hydrogen-bond acceptors (Lipinski definition) is 3. The lowest BCUT2D eigenvalue weighted by molar-refractivity contribution is -0.153. The normalized spacial score (nSPS) is 25.1. The van der Waals surface area contributed by atoms with Crippen LogP contribution in [0.15, 0.2) is 30.4 Å². The average molecular weight is 369 g/mol. The van der Waals surface area contributed by atoms with E-state index in [1.165, 1.54) is 12.1 Å². The van der Waals surface area contributed by atoms with Crippen LogP contribution in [0, 0.1) is 34.4 Å². The summed E-state index contributed by atoms with van der Waals surface area (Å²) in [6.07, 6.45) is 13.7. The Hall–Kier alpha value is -2.15. The van der Waals surface area contributed by atoms with Gasteiger partial charge in [-0.25, -0.2) is 4.39 Å². The molecule has 0 amide bonds. The maximum Gasteiger partial charge on any atom is 0.317 e. The fraction of sp³-hybridized carbons (Fsp3) is 0.565. The second kappa shape index (κ2) is 8.69. The first-order valence-corrected chi connectivity index (χ1v) is 10.1. The highest BCUT2D eigenvalue weighted by molar-refractivity contribution is 5.79. The Morgan fingerprint density at radius 1 is 1.22 bits per heavy atom. The first kappa shape index (κ1) is 19.6. The van der Waals surface area contributed by atoms with Crippen molar-refractivity contribution in [3.8, 4) is 11.8 Å². The number of carbonyl (C=O) groups excluding carboxylic acids is 1. The van der Waals surface area contributed by atoms with Crippen LogP contribution < -0.4 is 4.74 Å². The minimum atomic E-state index is -0.646. The van der Waals surface area contributed by atoms with Crippen molar-refractivity contribution in [2.45, 2.75) is 64.7 Å². The fourth-order valence-electron chi connectivity index (χ4n) is 4.96. The molecule has 1 aromatic rings. The molecule has 2 aliphatic rings. The van der Waals surface area contributed by atoms with Gasteiger partial charge < -0.3 is 4.74 Å². The fourth-order valence-corrected chi connectivity index (χ4v) is 4.96. The van der Waals surface area contributed by atoms with E-state index in [0.717, 1.165) is 63.9 Å². The van der Waals surface area contributed by atoms with Crippen LogP contribution in [-0.2, 0) is 4.79 Å². The zero-order valence-corrected chi connectivity index (χ0v) is 16.0. The van der Waals surface area contributed by atoms with Gasteiger partial charge in [-0.05, 0) is 69.4 Å².